The van der Waals surface area contributed by atoms with Crippen molar-refractivity contribution < 1.29 is 9.53 Å². The van der Waals surface area contributed by atoms with Crippen LogP contribution in [-0.4, -0.2) is 22.5 Å². The Labute approximate surface area is 228 Å². The van der Waals surface area contributed by atoms with Crippen LogP contribution in [0.2, 0.25) is 0 Å². The number of carbonyl (C=O) groups excluding carboxylic acids is 1. The lowest BCUT2D eigenvalue weighted by atomic mass is 10.1. The van der Waals surface area contributed by atoms with Crippen LogP contribution in [0.25, 0.3) is 10.9 Å². The molecule has 0 spiro atoms. The number of H-pyrrole nitrogens is 1. The number of benzene rings is 3. The van der Waals surface area contributed by atoms with E-state index in [1.54, 1.807) is 36.9 Å². The van der Waals surface area contributed by atoms with Gasteiger partial charge < -0.3 is 15.0 Å². The quantitative estimate of drug-likeness (QED) is 0.175. The van der Waals surface area contributed by atoms with E-state index < -0.39 is 5.92 Å². The average molecular weight is 530 g/mol. The number of ether oxygens (including phenoxy) is 1. The molecule has 0 aliphatic rings. The third-order valence-electron chi connectivity index (χ3n) is 6.40. The van der Waals surface area contributed by atoms with E-state index in [9.17, 15) is 9.59 Å². The zero-order chi connectivity index (χ0) is 26.7. The number of para-hydroxylation sites is 2. The van der Waals surface area contributed by atoms with Crippen molar-refractivity contribution in [2.24, 2.45) is 0 Å². The normalized spacial score (nSPS) is 11.8. The molecule has 38 heavy (non-hydrogen) atoms. The number of amides is 1. The fourth-order valence-electron chi connectivity index (χ4n) is 4.14. The van der Waals surface area contributed by atoms with Crippen molar-refractivity contribution in [2.75, 3.05) is 11.9 Å². The molecule has 0 radical (unpaired) electrons. The van der Waals surface area contributed by atoms with Crippen molar-refractivity contribution in [3.8, 4) is 5.75 Å². The van der Waals surface area contributed by atoms with Crippen molar-refractivity contribution in [2.45, 2.75) is 68.1 Å². The molecule has 0 saturated carbocycles. The summed E-state index contributed by atoms with van der Waals surface area (Å²) in [5.41, 5.74) is 1.03. The van der Waals surface area contributed by atoms with Crippen molar-refractivity contribution in [1.29, 1.82) is 0 Å². The maximum Gasteiger partial charge on any atom is 0.258 e. The molecular formula is C31H35N3O3S. The number of rotatable bonds is 13. The Bertz CT molecular complexity index is 1400. The van der Waals surface area contributed by atoms with Crippen LogP contribution in [0.3, 0.4) is 0 Å². The zero-order valence-corrected chi connectivity index (χ0v) is 22.9. The number of aromatic amines is 1. The molecular weight excluding hydrogens is 494 g/mol. The molecule has 6 nitrogen and oxygen atoms in total. The van der Waals surface area contributed by atoms with E-state index in [1.807, 2.05) is 54.6 Å². The lowest BCUT2D eigenvalue weighted by Gasteiger charge is -2.15. The SMILES string of the molecule is CCCCCCCCOc1ccc(Sc2ccccc2NC(=O)C(C)c2nc3ccccc3c(=O)[nH]2)cc1. The van der Waals surface area contributed by atoms with Crippen LogP contribution in [0.5, 0.6) is 5.75 Å². The number of aromatic nitrogens is 2. The Morgan fingerprint density at radius 3 is 2.47 bits per heavy atom. The fourth-order valence-corrected chi connectivity index (χ4v) is 5.04. The van der Waals surface area contributed by atoms with Gasteiger partial charge in [-0.25, -0.2) is 4.98 Å². The molecule has 4 aromatic rings. The average Bonchev–Trinajstić information content (AvgIpc) is 2.94. The Balaban J connectivity index is 1.35. The molecule has 4 rings (SSSR count). The van der Waals surface area contributed by atoms with Gasteiger partial charge in [0.1, 0.15) is 11.6 Å². The maximum absolute atomic E-state index is 13.1. The van der Waals surface area contributed by atoms with E-state index >= 15 is 0 Å². The van der Waals surface area contributed by atoms with Gasteiger partial charge in [-0.1, -0.05) is 75.1 Å². The molecule has 1 heterocycles. The molecule has 198 valence electrons. The standard InChI is InChI=1S/C31H35N3O3S/c1-3-4-5-6-7-12-21-37-23-17-19-24(20-18-23)38-28-16-11-10-15-27(28)33-30(35)22(2)29-32-26-14-9-8-13-25(26)31(36)34-29/h8-11,13-20,22H,3-7,12,21H2,1-2H3,(H,33,35)(H,32,34,36). The lowest BCUT2D eigenvalue weighted by Crippen LogP contribution is -2.23. The van der Waals surface area contributed by atoms with Crippen molar-refractivity contribution >= 4 is 34.3 Å². The maximum atomic E-state index is 13.1. The minimum absolute atomic E-state index is 0.241. The first kappa shape index (κ1) is 27.5. The van der Waals surface area contributed by atoms with Gasteiger partial charge >= 0.3 is 0 Å². The third-order valence-corrected chi connectivity index (χ3v) is 7.48. The summed E-state index contributed by atoms with van der Waals surface area (Å²) in [6.07, 6.45) is 7.45. The summed E-state index contributed by atoms with van der Waals surface area (Å²) in [4.78, 5) is 34.8. The van der Waals surface area contributed by atoms with Gasteiger partial charge in [-0.05, 0) is 61.9 Å². The fraction of sp³-hybridized carbons (Fsp3) is 0.323. The van der Waals surface area contributed by atoms with Crippen molar-refractivity contribution in [3.63, 3.8) is 0 Å². The lowest BCUT2D eigenvalue weighted by molar-refractivity contribution is -0.117. The third kappa shape index (κ3) is 7.48. The van der Waals surface area contributed by atoms with Gasteiger partial charge in [0.25, 0.3) is 5.56 Å². The number of carbonyl (C=O) groups is 1. The van der Waals surface area contributed by atoms with E-state index in [2.05, 4.69) is 22.2 Å². The summed E-state index contributed by atoms with van der Waals surface area (Å²) < 4.78 is 5.90. The predicted molar refractivity (Wildman–Crippen MR) is 155 cm³/mol. The number of anilines is 1. The van der Waals surface area contributed by atoms with E-state index in [1.165, 1.54) is 32.1 Å². The zero-order valence-electron chi connectivity index (χ0n) is 22.0. The summed E-state index contributed by atoms with van der Waals surface area (Å²) >= 11 is 1.57. The Morgan fingerprint density at radius 2 is 1.66 bits per heavy atom. The van der Waals surface area contributed by atoms with Gasteiger partial charge in [0.15, 0.2) is 0 Å². The molecule has 1 atom stereocenters. The Hall–Kier alpha value is -3.58. The summed E-state index contributed by atoms with van der Waals surface area (Å²) in [6, 6.07) is 22.8. The molecule has 0 saturated heterocycles. The van der Waals surface area contributed by atoms with Gasteiger partial charge in [-0.2, -0.15) is 0 Å². The molecule has 0 aliphatic carbocycles. The molecule has 0 fully saturated rings. The first-order chi connectivity index (χ1) is 18.5. The second-order valence-corrected chi connectivity index (χ2v) is 10.5. The highest BCUT2D eigenvalue weighted by Gasteiger charge is 2.20. The summed E-state index contributed by atoms with van der Waals surface area (Å²) in [5.74, 6) is 0.339. The van der Waals surface area contributed by atoms with Crippen LogP contribution in [0.15, 0.2) is 87.4 Å². The van der Waals surface area contributed by atoms with Gasteiger partial charge in [0, 0.05) is 9.79 Å². The number of nitrogens with one attached hydrogen (secondary N) is 2. The molecule has 1 aromatic heterocycles. The Morgan fingerprint density at radius 1 is 0.947 bits per heavy atom. The van der Waals surface area contributed by atoms with Crippen LogP contribution >= 0.6 is 11.8 Å². The number of hydrogen-bond donors (Lipinski definition) is 2. The van der Waals surface area contributed by atoms with Gasteiger partial charge in [0.2, 0.25) is 5.91 Å². The van der Waals surface area contributed by atoms with E-state index in [0.717, 1.165) is 28.6 Å². The van der Waals surface area contributed by atoms with Gasteiger partial charge in [-0.3, -0.25) is 9.59 Å². The summed E-state index contributed by atoms with van der Waals surface area (Å²) in [6.45, 7) is 4.71. The monoisotopic (exact) mass is 529 g/mol. The van der Waals surface area contributed by atoms with E-state index in [0.29, 0.717) is 22.4 Å². The largest absolute Gasteiger partial charge is 0.494 e. The van der Waals surface area contributed by atoms with Crippen LogP contribution in [0.1, 0.15) is 64.1 Å². The molecule has 0 bridgehead atoms. The molecule has 0 aliphatic heterocycles. The Kier molecular flexibility index (Phi) is 9.98. The van der Waals surface area contributed by atoms with Crippen molar-refractivity contribution in [1.82, 2.24) is 9.97 Å². The second-order valence-electron chi connectivity index (χ2n) is 9.37. The van der Waals surface area contributed by atoms with E-state index in [-0.39, 0.29) is 11.5 Å². The number of fused-ring (bicyclic) bond motifs is 1. The summed E-state index contributed by atoms with van der Waals surface area (Å²) in [7, 11) is 0. The minimum Gasteiger partial charge on any atom is -0.494 e. The van der Waals surface area contributed by atoms with Crippen LogP contribution in [0.4, 0.5) is 5.69 Å². The number of nitrogens with zero attached hydrogens (tertiary/aromatic N) is 1. The first-order valence-corrected chi connectivity index (χ1v) is 14.2. The smallest absolute Gasteiger partial charge is 0.258 e. The summed E-state index contributed by atoms with van der Waals surface area (Å²) in [5, 5.41) is 3.52. The van der Waals surface area contributed by atoms with Crippen LogP contribution in [-0.2, 0) is 4.79 Å². The number of hydrogen-bond acceptors (Lipinski definition) is 5. The number of unbranched alkanes of at least 4 members (excludes halogenated alkanes) is 5. The predicted octanol–water partition coefficient (Wildman–Crippen LogP) is 7.56. The first-order valence-electron chi connectivity index (χ1n) is 13.3. The highest BCUT2D eigenvalue weighted by molar-refractivity contribution is 7.99. The van der Waals surface area contributed by atoms with Gasteiger partial charge in [0.05, 0.1) is 29.1 Å². The second kappa shape index (κ2) is 13.8. The topological polar surface area (TPSA) is 84.1 Å². The van der Waals surface area contributed by atoms with Gasteiger partial charge in [-0.15, -0.1) is 0 Å². The molecule has 7 heteroatoms. The van der Waals surface area contributed by atoms with E-state index in [4.69, 9.17) is 4.74 Å². The minimum atomic E-state index is -0.631. The molecule has 1 unspecified atom stereocenters. The highest BCUT2D eigenvalue weighted by atomic mass is 32.2. The highest BCUT2D eigenvalue weighted by Crippen LogP contribution is 2.34. The molecule has 2 N–H and O–H groups in total. The van der Waals surface area contributed by atoms with Crippen LogP contribution in [0, 0.1) is 0 Å². The molecule has 1 amide bonds. The van der Waals surface area contributed by atoms with Crippen molar-refractivity contribution in [3.05, 3.63) is 89.0 Å². The molecule has 3 aromatic carbocycles. The van der Waals surface area contributed by atoms with Crippen LogP contribution < -0.4 is 15.6 Å².